The first-order valence-corrected chi connectivity index (χ1v) is 5.78. The predicted octanol–water partition coefficient (Wildman–Crippen LogP) is 2.90. The molecule has 0 radical (unpaired) electrons. The van der Waals surface area contributed by atoms with Gasteiger partial charge in [-0.05, 0) is 30.5 Å². The highest BCUT2D eigenvalue weighted by molar-refractivity contribution is 5.49. The fourth-order valence-corrected chi connectivity index (χ4v) is 2.30. The molecule has 1 saturated heterocycles. The number of carbonyl (C=O) groups excluding carboxylic acids is 1. The number of hydrogen-bond acceptors (Lipinski definition) is 1. The molecule has 1 atom stereocenters. The smallest absolute Gasteiger partial charge is 0.210 e. The maximum absolute atomic E-state index is 12.8. The summed E-state index contributed by atoms with van der Waals surface area (Å²) in [6.07, 6.45) is 5.26. The zero-order chi connectivity index (χ0) is 11.4. The molecular weight excluding hydrogens is 205 g/mol. The van der Waals surface area contributed by atoms with Crippen molar-refractivity contribution in [3.8, 4) is 0 Å². The van der Waals surface area contributed by atoms with Crippen LogP contribution in [0, 0.1) is 5.82 Å². The van der Waals surface area contributed by atoms with E-state index in [-0.39, 0.29) is 11.9 Å². The quantitative estimate of drug-likeness (QED) is 0.703. The molecule has 1 aliphatic heterocycles. The lowest BCUT2D eigenvalue weighted by molar-refractivity contribution is -0.120. The highest BCUT2D eigenvalue weighted by Crippen LogP contribution is 2.28. The van der Waals surface area contributed by atoms with Gasteiger partial charge in [-0.1, -0.05) is 25.0 Å². The van der Waals surface area contributed by atoms with Gasteiger partial charge < -0.3 is 4.90 Å². The van der Waals surface area contributed by atoms with E-state index < -0.39 is 0 Å². The summed E-state index contributed by atoms with van der Waals surface area (Å²) in [7, 11) is 0. The highest BCUT2D eigenvalue weighted by atomic mass is 19.1. The van der Waals surface area contributed by atoms with Crippen LogP contribution in [0.15, 0.2) is 24.3 Å². The van der Waals surface area contributed by atoms with E-state index in [1.54, 1.807) is 12.1 Å². The minimum absolute atomic E-state index is 0.126. The predicted molar refractivity (Wildman–Crippen MR) is 60.4 cm³/mol. The first-order chi connectivity index (χ1) is 7.81. The van der Waals surface area contributed by atoms with Gasteiger partial charge in [0.2, 0.25) is 6.41 Å². The average molecular weight is 221 g/mol. The Labute approximate surface area is 95.1 Å². The molecule has 1 aromatic carbocycles. The van der Waals surface area contributed by atoms with Crippen molar-refractivity contribution in [3.63, 3.8) is 0 Å². The second-order valence-corrected chi connectivity index (χ2v) is 4.26. The Bertz CT molecular complexity index is 349. The van der Waals surface area contributed by atoms with Crippen molar-refractivity contribution in [1.29, 1.82) is 0 Å². The summed E-state index contributed by atoms with van der Waals surface area (Å²) in [6.45, 7) is 0.811. The SMILES string of the molecule is O=CN1CCCCC[C@@H]1c1ccc(F)cc1. The van der Waals surface area contributed by atoms with E-state index in [0.29, 0.717) is 0 Å². The molecule has 16 heavy (non-hydrogen) atoms. The van der Waals surface area contributed by atoms with Crippen molar-refractivity contribution >= 4 is 6.41 Å². The largest absolute Gasteiger partial charge is 0.338 e. The standard InChI is InChI=1S/C13H16FNO/c14-12-7-5-11(6-8-12)13-4-2-1-3-9-15(13)10-16/h5-8,10,13H,1-4,9H2/t13-/m1/s1. The van der Waals surface area contributed by atoms with E-state index in [1.165, 1.54) is 18.6 Å². The van der Waals surface area contributed by atoms with Crippen molar-refractivity contribution < 1.29 is 9.18 Å². The van der Waals surface area contributed by atoms with Gasteiger partial charge in [0.1, 0.15) is 5.82 Å². The second kappa shape index (κ2) is 5.10. The summed E-state index contributed by atoms with van der Waals surface area (Å²) in [5, 5.41) is 0. The van der Waals surface area contributed by atoms with E-state index in [0.717, 1.165) is 37.8 Å². The molecule has 1 aliphatic rings. The average Bonchev–Trinajstić information content (AvgIpc) is 2.55. The Morgan fingerprint density at radius 1 is 1.19 bits per heavy atom. The van der Waals surface area contributed by atoms with Crippen molar-refractivity contribution in [1.82, 2.24) is 4.90 Å². The third-order valence-electron chi connectivity index (χ3n) is 3.18. The van der Waals surface area contributed by atoms with Gasteiger partial charge in [-0.25, -0.2) is 4.39 Å². The van der Waals surface area contributed by atoms with Crippen LogP contribution in [0.5, 0.6) is 0 Å². The van der Waals surface area contributed by atoms with Crippen LogP contribution in [0.4, 0.5) is 4.39 Å². The van der Waals surface area contributed by atoms with E-state index in [1.807, 2.05) is 4.90 Å². The molecule has 1 aromatic rings. The Balaban J connectivity index is 2.21. The lowest BCUT2D eigenvalue weighted by atomic mass is 10.0. The number of halogens is 1. The monoisotopic (exact) mass is 221 g/mol. The molecule has 0 N–H and O–H groups in total. The molecule has 0 aliphatic carbocycles. The summed E-state index contributed by atoms with van der Waals surface area (Å²) >= 11 is 0. The molecule has 1 fully saturated rings. The molecule has 1 amide bonds. The molecule has 0 spiro atoms. The second-order valence-electron chi connectivity index (χ2n) is 4.26. The number of hydrogen-bond donors (Lipinski definition) is 0. The summed E-state index contributed by atoms with van der Waals surface area (Å²) < 4.78 is 12.8. The fourth-order valence-electron chi connectivity index (χ4n) is 2.30. The molecule has 0 aromatic heterocycles. The minimum Gasteiger partial charge on any atom is -0.338 e. The van der Waals surface area contributed by atoms with Gasteiger partial charge in [0.05, 0.1) is 6.04 Å². The van der Waals surface area contributed by atoms with Crippen LogP contribution in [-0.2, 0) is 4.79 Å². The van der Waals surface area contributed by atoms with Gasteiger partial charge in [-0.2, -0.15) is 0 Å². The molecule has 2 nitrogen and oxygen atoms in total. The molecule has 3 heteroatoms. The van der Waals surface area contributed by atoms with Gasteiger partial charge in [-0.3, -0.25) is 4.79 Å². The van der Waals surface area contributed by atoms with Crippen molar-refractivity contribution in [2.75, 3.05) is 6.54 Å². The lowest BCUT2D eigenvalue weighted by Crippen LogP contribution is -2.26. The topological polar surface area (TPSA) is 20.3 Å². The van der Waals surface area contributed by atoms with Crippen molar-refractivity contribution in [2.24, 2.45) is 0 Å². The fraction of sp³-hybridized carbons (Fsp3) is 0.462. The maximum atomic E-state index is 12.8. The molecule has 0 saturated carbocycles. The molecule has 0 unspecified atom stereocenters. The third kappa shape index (κ3) is 2.40. The van der Waals surface area contributed by atoms with Gasteiger partial charge in [0.15, 0.2) is 0 Å². The molecule has 2 rings (SSSR count). The highest BCUT2D eigenvalue weighted by Gasteiger charge is 2.20. The normalized spacial score (nSPS) is 21.6. The number of benzene rings is 1. The Morgan fingerprint density at radius 2 is 1.94 bits per heavy atom. The molecule has 1 heterocycles. The Kier molecular flexibility index (Phi) is 3.54. The number of amides is 1. The van der Waals surface area contributed by atoms with Gasteiger partial charge in [0.25, 0.3) is 0 Å². The van der Waals surface area contributed by atoms with Crippen LogP contribution in [-0.4, -0.2) is 17.9 Å². The van der Waals surface area contributed by atoms with Crippen LogP contribution >= 0.6 is 0 Å². The maximum Gasteiger partial charge on any atom is 0.210 e. The van der Waals surface area contributed by atoms with Crippen LogP contribution in [0.3, 0.4) is 0 Å². The lowest BCUT2D eigenvalue weighted by Gasteiger charge is -2.26. The number of nitrogens with zero attached hydrogens (tertiary/aromatic N) is 1. The summed E-state index contributed by atoms with van der Waals surface area (Å²) in [5.41, 5.74) is 1.04. The first kappa shape index (κ1) is 11.1. The number of rotatable bonds is 2. The molecule has 86 valence electrons. The summed E-state index contributed by atoms with van der Waals surface area (Å²) in [5.74, 6) is -0.227. The van der Waals surface area contributed by atoms with Gasteiger partial charge in [0, 0.05) is 6.54 Å². The van der Waals surface area contributed by atoms with Gasteiger partial charge >= 0.3 is 0 Å². The van der Waals surface area contributed by atoms with Crippen molar-refractivity contribution in [3.05, 3.63) is 35.6 Å². The van der Waals surface area contributed by atoms with E-state index >= 15 is 0 Å². The zero-order valence-corrected chi connectivity index (χ0v) is 9.23. The van der Waals surface area contributed by atoms with Crippen LogP contribution in [0.2, 0.25) is 0 Å². The summed E-state index contributed by atoms with van der Waals surface area (Å²) in [4.78, 5) is 12.8. The number of carbonyl (C=O) groups is 1. The Morgan fingerprint density at radius 3 is 2.62 bits per heavy atom. The zero-order valence-electron chi connectivity index (χ0n) is 9.23. The van der Waals surface area contributed by atoms with E-state index in [2.05, 4.69) is 0 Å². The molecule has 0 bridgehead atoms. The van der Waals surface area contributed by atoms with Gasteiger partial charge in [-0.15, -0.1) is 0 Å². The van der Waals surface area contributed by atoms with Crippen LogP contribution in [0.1, 0.15) is 37.3 Å². The Hall–Kier alpha value is -1.38. The van der Waals surface area contributed by atoms with Crippen molar-refractivity contribution in [2.45, 2.75) is 31.7 Å². The van der Waals surface area contributed by atoms with E-state index in [9.17, 15) is 9.18 Å². The first-order valence-electron chi connectivity index (χ1n) is 5.78. The van der Waals surface area contributed by atoms with E-state index in [4.69, 9.17) is 0 Å². The minimum atomic E-state index is -0.227. The third-order valence-corrected chi connectivity index (χ3v) is 3.18. The summed E-state index contributed by atoms with van der Waals surface area (Å²) in [6, 6.07) is 6.61. The van der Waals surface area contributed by atoms with Crippen LogP contribution < -0.4 is 0 Å². The van der Waals surface area contributed by atoms with Crippen LogP contribution in [0.25, 0.3) is 0 Å². The molecular formula is C13H16FNO. The number of likely N-dealkylation sites (tertiary alicyclic amines) is 1.